The van der Waals surface area contributed by atoms with Crippen LogP contribution in [0.15, 0.2) is 18.2 Å². The monoisotopic (exact) mass is 237 g/mol. The van der Waals surface area contributed by atoms with Gasteiger partial charge >= 0.3 is 0 Å². The van der Waals surface area contributed by atoms with E-state index in [-0.39, 0.29) is 0 Å². The zero-order valence-electron chi connectivity index (χ0n) is 4.40. The molecule has 0 aliphatic carbocycles. The highest BCUT2D eigenvalue weighted by molar-refractivity contribution is 14.1. The Morgan fingerprint density at radius 2 is 2.11 bits per heavy atom. The van der Waals surface area contributed by atoms with E-state index in [9.17, 15) is 9.50 Å². The van der Waals surface area contributed by atoms with Crippen LogP contribution in [0.3, 0.4) is 0 Å². The van der Waals surface area contributed by atoms with Gasteiger partial charge in [-0.15, -0.1) is 0 Å². The Balaban J connectivity index is 3.25. The summed E-state index contributed by atoms with van der Waals surface area (Å²) >= 11 is 1.77. The Kier molecular flexibility index (Phi) is 1.90. The summed E-state index contributed by atoms with van der Waals surface area (Å²) in [5.41, 5.74) is 0. The molecular weight excluding hydrogens is 234 g/mol. The van der Waals surface area contributed by atoms with E-state index < -0.39 is 11.6 Å². The van der Waals surface area contributed by atoms with Crippen molar-refractivity contribution >= 4 is 22.6 Å². The summed E-state index contributed by atoms with van der Waals surface area (Å²) in [6.45, 7) is 0. The van der Waals surface area contributed by atoms with Crippen LogP contribution in [0.4, 0.5) is 4.39 Å². The van der Waals surface area contributed by atoms with Crippen molar-refractivity contribution in [2.45, 2.75) is 0 Å². The molecule has 9 heavy (non-hydrogen) atoms. The van der Waals surface area contributed by atoms with Gasteiger partial charge in [0.1, 0.15) is 5.82 Å². The molecule has 1 aromatic carbocycles. The molecule has 0 aliphatic rings. The van der Waals surface area contributed by atoms with Crippen LogP contribution in [-0.2, 0) is 0 Å². The Labute approximate surface area is 65.7 Å². The van der Waals surface area contributed by atoms with Crippen molar-refractivity contribution in [1.29, 1.82) is 0 Å². The van der Waals surface area contributed by atoms with E-state index in [1.807, 2.05) is 0 Å². The maximum absolute atomic E-state index is 12.4. The second-order valence-corrected chi connectivity index (χ2v) is 2.71. The number of halogens is 2. The molecule has 0 saturated heterocycles. The van der Waals surface area contributed by atoms with Gasteiger partial charge in [0.2, 0.25) is 0 Å². The van der Waals surface area contributed by atoms with Crippen LogP contribution in [0.5, 0.6) is 5.75 Å². The lowest BCUT2D eigenvalue weighted by molar-refractivity contribution is -0.272. The fraction of sp³-hybridized carbons (Fsp3) is 0. The first-order valence-electron chi connectivity index (χ1n) is 2.33. The molecule has 0 spiro atoms. The predicted molar refractivity (Wildman–Crippen MR) is 38.6 cm³/mol. The molecule has 0 heterocycles. The molecule has 1 nitrogen and oxygen atoms in total. The normalized spacial score (nSPS) is 9.56. The summed E-state index contributed by atoms with van der Waals surface area (Å²) in [5, 5.41) is 10.5. The summed E-state index contributed by atoms with van der Waals surface area (Å²) in [4.78, 5) is 0. The van der Waals surface area contributed by atoms with E-state index in [2.05, 4.69) is 0 Å². The first-order valence-corrected chi connectivity index (χ1v) is 3.40. The maximum atomic E-state index is 12.4. The molecular formula is C6H3FIO-. The van der Waals surface area contributed by atoms with Crippen LogP contribution in [0, 0.1) is 9.39 Å². The second-order valence-electron chi connectivity index (χ2n) is 1.55. The lowest BCUT2D eigenvalue weighted by atomic mass is 10.3. The molecule has 1 aromatic rings. The molecule has 48 valence electrons. The Hall–Kier alpha value is -0.320. The van der Waals surface area contributed by atoms with Gasteiger partial charge in [0.15, 0.2) is 0 Å². The lowest BCUT2D eigenvalue weighted by Crippen LogP contribution is -1.94. The van der Waals surface area contributed by atoms with Gasteiger partial charge in [-0.1, -0.05) is 17.9 Å². The van der Waals surface area contributed by atoms with Crippen LogP contribution >= 0.6 is 22.6 Å². The third-order valence-electron chi connectivity index (χ3n) is 0.916. The SMILES string of the molecule is [O-]c1cccc(I)c1F. The van der Waals surface area contributed by atoms with Gasteiger partial charge in [0.05, 0.1) is 0 Å². The highest BCUT2D eigenvalue weighted by atomic mass is 127. The molecule has 0 amide bonds. The Bertz CT molecular complexity index is 204. The van der Waals surface area contributed by atoms with Gasteiger partial charge < -0.3 is 5.11 Å². The number of rotatable bonds is 0. The van der Waals surface area contributed by atoms with Gasteiger partial charge in [-0.25, -0.2) is 4.39 Å². The topological polar surface area (TPSA) is 23.1 Å². The van der Waals surface area contributed by atoms with Gasteiger partial charge in [-0.3, -0.25) is 0 Å². The molecule has 0 saturated carbocycles. The first kappa shape index (κ1) is 6.80. The third kappa shape index (κ3) is 1.32. The number of benzene rings is 1. The fourth-order valence-corrected chi connectivity index (χ4v) is 0.957. The van der Waals surface area contributed by atoms with Crippen LogP contribution < -0.4 is 5.11 Å². The van der Waals surface area contributed by atoms with Gasteiger partial charge in [0.25, 0.3) is 0 Å². The Morgan fingerprint density at radius 1 is 1.44 bits per heavy atom. The highest BCUT2D eigenvalue weighted by Gasteiger charge is 1.94. The minimum atomic E-state index is -0.655. The molecule has 0 unspecified atom stereocenters. The molecule has 0 aliphatic heterocycles. The van der Waals surface area contributed by atoms with Crippen molar-refractivity contribution in [1.82, 2.24) is 0 Å². The second kappa shape index (κ2) is 2.51. The lowest BCUT2D eigenvalue weighted by Gasteiger charge is -2.05. The van der Waals surface area contributed by atoms with Crippen LogP contribution in [-0.4, -0.2) is 0 Å². The average molecular weight is 237 g/mol. The summed E-state index contributed by atoms with van der Waals surface area (Å²) in [7, 11) is 0. The van der Waals surface area contributed by atoms with Gasteiger partial charge in [-0.05, 0) is 28.7 Å². The van der Waals surface area contributed by atoms with Crippen LogP contribution in [0.25, 0.3) is 0 Å². The molecule has 0 aromatic heterocycles. The molecule has 0 atom stereocenters. The molecule has 0 N–H and O–H groups in total. The van der Waals surface area contributed by atoms with Crippen molar-refractivity contribution in [2.75, 3.05) is 0 Å². The van der Waals surface area contributed by atoms with Crippen molar-refractivity contribution in [3.63, 3.8) is 0 Å². The summed E-state index contributed by atoms with van der Waals surface area (Å²) in [5.74, 6) is -1.19. The van der Waals surface area contributed by atoms with Crippen LogP contribution in [0.1, 0.15) is 0 Å². The average Bonchev–Trinajstić information content (AvgIpc) is 1.83. The van der Waals surface area contributed by atoms with E-state index in [1.54, 1.807) is 28.7 Å². The first-order chi connectivity index (χ1) is 4.22. The zero-order chi connectivity index (χ0) is 6.85. The number of hydrogen-bond donors (Lipinski definition) is 0. The van der Waals surface area contributed by atoms with E-state index in [0.717, 1.165) is 0 Å². The minimum absolute atomic E-state index is 0.375. The molecule has 1 rings (SSSR count). The number of hydrogen-bond acceptors (Lipinski definition) is 1. The summed E-state index contributed by atoms with van der Waals surface area (Å²) in [6, 6.07) is 4.29. The largest absolute Gasteiger partial charge is 0.870 e. The Morgan fingerprint density at radius 3 is 2.56 bits per heavy atom. The summed E-state index contributed by atoms with van der Waals surface area (Å²) < 4.78 is 12.8. The van der Waals surface area contributed by atoms with Crippen molar-refractivity contribution < 1.29 is 9.50 Å². The van der Waals surface area contributed by atoms with Gasteiger partial charge in [-0.2, -0.15) is 0 Å². The predicted octanol–water partition coefficient (Wildman–Crippen LogP) is 1.50. The van der Waals surface area contributed by atoms with E-state index in [0.29, 0.717) is 3.57 Å². The minimum Gasteiger partial charge on any atom is -0.870 e. The van der Waals surface area contributed by atoms with Crippen molar-refractivity contribution in [3.8, 4) is 5.75 Å². The molecule has 0 radical (unpaired) electrons. The molecule has 0 bridgehead atoms. The van der Waals surface area contributed by atoms with Crippen molar-refractivity contribution in [2.24, 2.45) is 0 Å². The highest BCUT2D eigenvalue weighted by Crippen LogP contribution is 2.16. The molecule has 3 heteroatoms. The standard InChI is InChI=1S/C6H4FIO/c7-6-4(8)2-1-3-5(6)9/h1-3,9H/p-1. The fourth-order valence-electron chi connectivity index (χ4n) is 0.484. The van der Waals surface area contributed by atoms with Crippen LogP contribution in [0.2, 0.25) is 0 Å². The van der Waals surface area contributed by atoms with E-state index in [1.165, 1.54) is 12.1 Å². The van der Waals surface area contributed by atoms with Gasteiger partial charge in [0, 0.05) is 3.57 Å². The summed E-state index contributed by atoms with van der Waals surface area (Å²) in [6.07, 6.45) is 0. The van der Waals surface area contributed by atoms with E-state index >= 15 is 0 Å². The maximum Gasteiger partial charge on any atom is 0.128 e. The van der Waals surface area contributed by atoms with E-state index in [4.69, 9.17) is 0 Å². The molecule has 0 fully saturated rings. The smallest absolute Gasteiger partial charge is 0.128 e. The zero-order valence-corrected chi connectivity index (χ0v) is 6.55. The quantitative estimate of drug-likeness (QED) is 0.627. The third-order valence-corrected chi connectivity index (χ3v) is 1.75. The van der Waals surface area contributed by atoms with Crippen molar-refractivity contribution in [3.05, 3.63) is 27.6 Å².